The molecule has 0 aromatic heterocycles. The Bertz CT molecular complexity index is 1060. The number of benzene rings is 2. The van der Waals surface area contributed by atoms with Gasteiger partial charge in [0.2, 0.25) is 0 Å². The van der Waals surface area contributed by atoms with Crippen LogP contribution in [-0.4, -0.2) is 55.5 Å². The highest BCUT2D eigenvalue weighted by molar-refractivity contribution is 5.71. The molecule has 0 N–H and O–H groups in total. The van der Waals surface area contributed by atoms with Crippen molar-refractivity contribution < 1.29 is 23.4 Å². The highest BCUT2D eigenvalue weighted by atomic mass is 19.1. The molecule has 2 aromatic rings. The van der Waals surface area contributed by atoms with Crippen LogP contribution < -0.4 is 4.74 Å². The minimum atomic E-state index is -0.583. The first-order valence-electron chi connectivity index (χ1n) is 11.3. The Morgan fingerprint density at radius 3 is 2.82 bits per heavy atom. The lowest BCUT2D eigenvalue weighted by Crippen LogP contribution is -2.48. The average Bonchev–Trinajstić information content (AvgIpc) is 2.77. The van der Waals surface area contributed by atoms with E-state index < -0.39 is 11.4 Å². The third kappa shape index (κ3) is 6.85. The van der Waals surface area contributed by atoms with Gasteiger partial charge >= 0.3 is 6.09 Å². The summed E-state index contributed by atoms with van der Waals surface area (Å²) in [4.78, 5) is 16.8. The molecular weight excluding hydrogens is 439 g/mol. The van der Waals surface area contributed by atoms with Crippen molar-refractivity contribution in [3.8, 4) is 16.9 Å². The molecule has 182 valence electrons. The van der Waals surface area contributed by atoms with Gasteiger partial charge in [0.15, 0.2) is 11.6 Å². The zero-order valence-electron chi connectivity index (χ0n) is 20.1. The summed E-state index contributed by atoms with van der Waals surface area (Å²) >= 11 is 0. The Morgan fingerprint density at radius 1 is 1.32 bits per heavy atom. The summed E-state index contributed by atoms with van der Waals surface area (Å²) in [6, 6.07) is 11.0. The molecule has 1 amide bonds. The fourth-order valence-corrected chi connectivity index (χ4v) is 3.81. The second-order valence-corrected chi connectivity index (χ2v) is 9.21. The van der Waals surface area contributed by atoms with E-state index in [0.29, 0.717) is 31.7 Å². The summed E-state index contributed by atoms with van der Waals surface area (Å²) in [5.41, 5.74) is 10.8. The molecule has 0 saturated carbocycles. The van der Waals surface area contributed by atoms with Crippen LogP contribution in [0.5, 0.6) is 5.75 Å². The Kier molecular flexibility index (Phi) is 8.36. The Morgan fingerprint density at radius 2 is 2.12 bits per heavy atom. The number of morpholine rings is 1. The van der Waals surface area contributed by atoms with Crippen LogP contribution in [0, 0.1) is 12.7 Å². The lowest BCUT2D eigenvalue weighted by Gasteiger charge is -2.34. The molecule has 1 atom stereocenters. The lowest BCUT2D eigenvalue weighted by molar-refractivity contribution is -0.0415. The van der Waals surface area contributed by atoms with Gasteiger partial charge in [0.1, 0.15) is 5.60 Å². The maximum absolute atomic E-state index is 15.7. The molecule has 0 aliphatic carbocycles. The van der Waals surface area contributed by atoms with Crippen molar-refractivity contribution in [3.05, 3.63) is 63.8 Å². The van der Waals surface area contributed by atoms with E-state index in [1.54, 1.807) is 11.0 Å². The van der Waals surface area contributed by atoms with Gasteiger partial charge < -0.3 is 19.1 Å². The van der Waals surface area contributed by atoms with Crippen molar-refractivity contribution in [2.75, 3.05) is 32.8 Å². The summed E-state index contributed by atoms with van der Waals surface area (Å²) in [6.07, 6.45) is -0.269. The number of ether oxygens (including phenoxy) is 3. The number of carbonyl (C=O) groups excluding carboxylic acids is 1. The van der Waals surface area contributed by atoms with Crippen molar-refractivity contribution in [1.82, 2.24) is 4.90 Å². The van der Waals surface area contributed by atoms with E-state index >= 15 is 4.39 Å². The average molecular weight is 471 g/mol. The molecule has 34 heavy (non-hydrogen) atoms. The van der Waals surface area contributed by atoms with Gasteiger partial charge in [-0.2, -0.15) is 0 Å². The minimum absolute atomic E-state index is 0.0736. The standard InChI is InChI=1S/C25H31FN4O4/c1-17-6-5-7-18(14-17)22-19(8-9-21(23(22)26)33-12-10-28-29-27)15-20-16-30(11-13-32-20)24(31)34-25(2,3)4/h5-9,14,20H,10-13,15-16H2,1-4H3/t20-/m1/s1. The van der Waals surface area contributed by atoms with Crippen molar-refractivity contribution in [1.29, 1.82) is 0 Å². The number of rotatable bonds is 7. The maximum atomic E-state index is 15.7. The first-order chi connectivity index (χ1) is 16.2. The van der Waals surface area contributed by atoms with Crippen LogP contribution >= 0.6 is 0 Å². The minimum Gasteiger partial charge on any atom is -0.490 e. The van der Waals surface area contributed by atoms with Crippen molar-refractivity contribution in [2.24, 2.45) is 5.11 Å². The zero-order valence-corrected chi connectivity index (χ0v) is 20.1. The summed E-state index contributed by atoms with van der Waals surface area (Å²) in [6.45, 7) is 8.80. The summed E-state index contributed by atoms with van der Waals surface area (Å²) < 4.78 is 32.6. The highest BCUT2D eigenvalue weighted by Crippen LogP contribution is 2.34. The summed E-state index contributed by atoms with van der Waals surface area (Å²) in [5, 5.41) is 3.42. The number of aryl methyl sites for hydroxylation is 1. The number of nitrogens with zero attached hydrogens (tertiary/aromatic N) is 4. The SMILES string of the molecule is Cc1cccc(-c2c(C[C@@H]3CN(C(=O)OC(C)(C)C)CCO3)ccc(OCCN=[N+]=[N-])c2F)c1. The molecule has 8 nitrogen and oxygen atoms in total. The number of amides is 1. The molecule has 1 saturated heterocycles. The van der Waals surface area contributed by atoms with Crippen LogP contribution in [0.2, 0.25) is 0 Å². The van der Waals surface area contributed by atoms with Gasteiger partial charge in [-0.05, 0) is 50.4 Å². The lowest BCUT2D eigenvalue weighted by atomic mass is 9.93. The predicted molar refractivity (Wildman–Crippen MR) is 127 cm³/mol. The number of hydrogen-bond donors (Lipinski definition) is 0. The van der Waals surface area contributed by atoms with Crippen LogP contribution in [0.3, 0.4) is 0 Å². The van der Waals surface area contributed by atoms with Gasteiger partial charge in [-0.15, -0.1) is 0 Å². The molecule has 2 aromatic carbocycles. The van der Waals surface area contributed by atoms with E-state index in [1.165, 1.54) is 0 Å². The highest BCUT2D eigenvalue weighted by Gasteiger charge is 2.29. The van der Waals surface area contributed by atoms with Gasteiger partial charge in [-0.1, -0.05) is 41.0 Å². The molecule has 3 rings (SSSR count). The molecule has 1 aliphatic heterocycles. The van der Waals surface area contributed by atoms with Crippen LogP contribution in [0.4, 0.5) is 9.18 Å². The van der Waals surface area contributed by atoms with E-state index in [9.17, 15) is 4.79 Å². The third-order valence-electron chi connectivity index (χ3n) is 5.25. The van der Waals surface area contributed by atoms with Gasteiger partial charge in [0, 0.05) is 23.4 Å². The zero-order chi connectivity index (χ0) is 24.7. The second-order valence-electron chi connectivity index (χ2n) is 9.21. The second kappa shape index (κ2) is 11.2. The topological polar surface area (TPSA) is 96.8 Å². The fourth-order valence-electron chi connectivity index (χ4n) is 3.81. The fraction of sp³-hybridized carbons (Fsp3) is 0.480. The molecule has 1 fully saturated rings. The van der Waals surface area contributed by atoms with Crippen LogP contribution in [0.25, 0.3) is 21.6 Å². The van der Waals surface area contributed by atoms with E-state index in [1.807, 2.05) is 58.0 Å². The molecule has 0 spiro atoms. The molecule has 9 heteroatoms. The number of carbonyl (C=O) groups is 1. The predicted octanol–water partition coefficient (Wildman–Crippen LogP) is 5.67. The smallest absolute Gasteiger partial charge is 0.410 e. The molecule has 0 bridgehead atoms. The summed E-state index contributed by atoms with van der Waals surface area (Å²) in [7, 11) is 0. The van der Waals surface area contributed by atoms with Gasteiger partial charge in [0.05, 0.1) is 32.4 Å². The molecule has 1 heterocycles. The van der Waals surface area contributed by atoms with Gasteiger partial charge in [0.25, 0.3) is 0 Å². The number of hydrogen-bond acceptors (Lipinski definition) is 5. The van der Waals surface area contributed by atoms with Crippen LogP contribution in [-0.2, 0) is 15.9 Å². The van der Waals surface area contributed by atoms with Crippen molar-refractivity contribution in [2.45, 2.75) is 45.8 Å². The van der Waals surface area contributed by atoms with Gasteiger partial charge in [-0.25, -0.2) is 9.18 Å². The monoisotopic (exact) mass is 470 g/mol. The Balaban J connectivity index is 1.86. The molecular formula is C25H31FN4O4. The Labute approximate surface area is 199 Å². The molecule has 1 aliphatic rings. The summed E-state index contributed by atoms with van der Waals surface area (Å²) in [5.74, 6) is -0.391. The van der Waals surface area contributed by atoms with Crippen LogP contribution in [0.1, 0.15) is 31.9 Å². The first-order valence-corrected chi connectivity index (χ1v) is 11.3. The number of azide groups is 1. The molecule has 0 radical (unpaired) electrons. The van der Waals surface area contributed by atoms with E-state index in [0.717, 1.165) is 16.7 Å². The molecule has 0 unspecified atom stereocenters. The van der Waals surface area contributed by atoms with Crippen molar-refractivity contribution in [3.63, 3.8) is 0 Å². The van der Waals surface area contributed by atoms with E-state index in [2.05, 4.69) is 10.0 Å². The van der Waals surface area contributed by atoms with E-state index in [4.69, 9.17) is 19.7 Å². The first kappa shape index (κ1) is 25.3. The largest absolute Gasteiger partial charge is 0.490 e. The third-order valence-corrected chi connectivity index (χ3v) is 5.25. The number of halogens is 1. The van der Waals surface area contributed by atoms with Gasteiger partial charge in [-0.3, -0.25) is 0 Å². The quantitative estimate of drug-likeness (QED) is 0.225. The van der Waals surface area contributed by atoms with Crippen molar-refractivity contribution >= 4 is 6.09 Å². The normalized spacial score (nSPS) is 16.0. The maximum Gasteiger partial charge on any atom is 0.410 e. The Hall–Kier alpha value is -3.29. The van der Waals surface area contributed by atoms with E-state index in [-0.39, 0.29) is 31.1 Å². The van der Waals surface area contributed by atoms with Crippen LogP contribution in [0.15, 0.2) is 41.5 Å².